The van der Waals surface area contributed by atoms with Gasteiger partial charge in [-0.05, 0) is 52.6 Å². The van der Waals surface area contributed by atoms with Crippen molar-refractivity contribution in [3.05, 3.63) is 169 Å². The maximum Gasteiger partial charge on any atom is 0.151 e. The van der Waals surface area contributed by atoms with Crippen molar-refractivity contribution in [2.75, 3.05) is 0 Å². The van der Waals surface area contributed by atoms with Gasteiger partial charge in [0.05, 0.1) is 28.5 Å². The van der Waals surface area contributed by atoms with Gasteiger partial charge in [-0.25, -0.2) is 4.98 Å². The maximum absolute atomic E-state index is 12.3. The van der Waals surface area contributed by atoms with E-state index in [4.69, 9.17) is 14.4 Å². The summed E-state index contributed by atoms with van der Waals surface area (Å²) in [6.45, 7) is 15.1. The van der Waals surface area contributed by atoms with Gasteiger partial charge in [0.1, 0.15) is 17.3 Å². The van der Waals surface area contributed by atoms with Gasteiger partial charge in [0.2, 0.25) is 0 Å². The van der Waals surface area contributed by atoms with Crippen LogP contribution in [0.2, 0.25) is 0 Å². The number of pyridine rings is 1. The first-order chi connectivity index (χ1) is 27.9. The quantitative estimate of drug-likeness (QED) is 0.169. The smallest absolute Gasteiger partial charge is 0.151 e. The Balaban J connectivity index is 0.00000484. The SMILES string of the molecule is Cc1oc2cnc(-c3[c-]c(-c4cccc5c4nc(-c4cc(C(C)(C)C)cc(C(C)(C)C)c4O)n5-c4ccccc4-c4ccccc4)ccc3)cc2c1-c1ccccc1.[Pt]. The second-order valence-electron chi connectivity index (χ2n) is 17.2. The topological polar surface area (TPSA) is 64.1 Å². The van der Waals surface area contributed by atoms with Crippen LogP contribution in [-0.2, 0) is 31.9 Å². The number of hydrogen-bond acceptors (Lipinski definition) is 4. The van der Waals surface area contributed by atoms with Crippen LogP contribution in [0.15, 0.2) is 150 Å². The van der Waals surface area contributed by atoms with Gasteiger partial charge in [-0.3, -0.25) is 9.55 Å². The fourth-order valence-corrected chi connectivity index (χ4v) is 8.09. The van der Waals surface area contributed by atoms with Gasteiger partial charge in [-0.2, -0.15) is 0 Å². The van der Waals surface area contributed by atoms with Gasteiger partial charge in [0.15, 0.2) is 5.58 Å². The predicted molar refractivity (Wildman–Crippen MR) is 238 cm³/mol. The molecule has 0 saturated heterocycles. The van der Waals surface area contributed by atoms with Gasteiger partial charge >= 0.3 is 0 Å². The first kappa shape index (κ1) is 39.8. The molecule has 0 unspecified atom stereocenters. The van der Waals surface area contributed by atoms with Crippen LogP contribution in [0.1, 0.15) is 58.4 Å². The van der Waals surface area contributed by atoms with Crippen molar-refractivity contribution in [3.8, 4) is 67.5 Å². The molecule has 3 heterocycles. The number of benzene rings is 6. The summed E-state index contributed by atoms with van der Waals surface area (Å²) in [5.41, 5.74) is 13.5. The molecule has 3 aromatic heterocycles. The number of aromatic hydroxyl groups is 1. The molecule has 0 saturated carbocycles. The number of hydrogen-bond donors (Lipinski definition) is 1. The Morgan fingerprint density at radius 1 is 0.644 bits per heavy atom. The molecule has 9 aromatic rings. The number of nitrogens with zero attached hydrogens (tertiary/aromatic N) is 3. The van der Waals surface area contributed by atoms with Crippen molar-refractivity contribution < 1.29 is 30.6 Å². The first-order valence-corrected chi connectivity index (χ1v) is 19.9. The Labute approximate surface area is 360 Å². The van der Waals surface area contributed by atoms with Crippen LogP contribution < -0.4 is 0 Å². The average molecular weight is 952 g/mol. The third-order valence-electron chi connectivity index (χ3n) is 11.1. The van der Waals surface area contributed by atoms with Crippen LogP contribution >= 0.6 is 0 Å². The van der Waals surface area contributed by atoms with Crippen LogP contribution in [0.5, 0.6) is 5.75 Å². The Morgan fingerprint density at radius 2 is 1.29 bits per heavy atom. The van der Waals surface area contributed by atoms with E-state index in [0.29, 0.717) is 11.4 Å². The standard InChI is InChI=1S/C53H46N3O2.Pt/c1-33-48(35-20-12-9-13-21-35)41-31-44(54-32-47(41)58-33)37-23-16-22-36(28-37)40-25-17-27-46-49(40)55-51(42-29-38(52(2,3)4)30-43(50(42)57)53(5,6)7)56(46)45-26-15-14-24-39(45)34-18-10-8-11-19-34;/h8-27,29-32,57H,1-7H3;/q-1;. The van der Waals surface area contributed by atoms with Gasteiger partial charge in [0.25, 0.3) is 0 Å². The van der Waals surface area contributed by atoms with Crippen LogP contribution in [0.4, 0.5) is 0 Å². The second kappa shape index (κ2) is 15.3. The number of imidazole rings is 1. The van der Waals surface area contributed by atoms with Crippen molar-refractivity contribution in [2.24, 2.45) is 0 Å². The molecule has 0 aliphatic heterocycles. The number of aryl methyl sites for hydroxylation is 1. The predicted octanol–water partition coefficient (Wildman–Crippen LogP) is 13.9. The third-order valence-corrected chi connectivity index (χ3v) is 11.1. The zero-order chi connectivity index (χ0) is 40.3. The summed E-state index contributed by atoms with van der Waals surface area (Å²) in [6.07, 6.45) is 1.81. The van der Waals surface area contributed by atoms with E-state index in [0.717, 1.165) is 89.2 Å². The van der Waals surface area contributed by atoms with Crippen molar-refractivity contribution in [2.45, 2.75) is 59.3 Å². The molecule has 0 aliphatic carbocycles. The zero-order valence-corrected chi connectivity index (χ0v) is 36.6. The van der Waals surface area contributed by atoms with Crippen molar-refractivity contribution >= 4 is 22.0 Å². The molecule has 6 heteroatoms. The molecule has 9 rings (SSSR count). The summed E-state index contributed by atoms with van der Waals surface area (Å²) in [5, 5.41) is 13.3. The molecule has 0 bridgehead atoms. The number of fused-ring (bicyclic) bond motifs is 2. The number of rotatable bonds is 6. The second-order valence-corrected chi connectivity index (χ2v) is 17.2. The minimum absolute atomic E-state index is 0. The molecular weight excluding hydrogens is 906 g/mol. The minimum atomic E-state index is -0.312. The summed E-state index contributed by atoms with van der Waals surface area (Å²) >= 11 is 0. The summed E-state index contributed by atoms with van der Waals surface area (Å²) in [4.78, 5) is 10.4. The van der Waals surface area contributed by atoms with E-state index < -0.39 is 0 Å². The van der Waals surface area contributed by atoms with Crippen LogP contribution in [0.3, 0.4) is 0 Å². The number of para-hydroxylation sites is 2. The summed E-state index contributed by atoms with van der Waals surface area (Å²) in [6, 6.07) is 51.9. The van der Waals surface area contributed by atoms with Crippen molar-refractivity contribution in [1.82, 2.24) is 14.5 Å². The van der Waals surface area contributed by atoms with Crippen LogP contribution in [-0.4, -0.2) is 19.6 Å². The van der Waals surface area contributed by atoms with E-state index in [1.165, 1.54) is 0 Å². The van der Waals surface area contributed by atoms with Gasteiger partial charge < -0.3 is 9.52 Å². The summed E-state index contributed by atoms with van der Waals surface area (Å²) in [5.74, 6) is 1.78. The molecule has 1 N–H and O–H groups in total. The normalized spacial score (nSPS) is 11.9. The van der Waals surface area contributed by atoms with Gasteiger partial charge in [-0.1, -0.05) is 156 Å². The molecule has 0 radical (unpaired) electrons. The van der Waals surface area contributed by atoms with E-state index in [2.05, 4.69) is 167 Å². The molecule has 0 atom stereocenters. The molecular formula is C53H46N3O2Pt-. The summed E-state index contributed by atoms with van der Waals surface area (Å²) in [7, 11) is 0. The Hall–Kier alpha value is -6.03. The third kappa shape index (κ3) is 7.23. The van der Waals surface area contributed by atoms with E-state index in [1.54, 1.807) is 0 Å². The molecule has 59 heavy (non-hydrogen) atoms. The van der Waals surface area contributed by atoms with Crippen LogP contribution in [0.25, 0.3) is 83.7 Å². The number of phenolic OH excluding ortho intramolecular Hbond substituents is 1. The van der Waals surface area contributed by atoms with E-state index >= 15 is 0 Å². The van der Waals surface area contributed by atoms with Crippen molar-refractivity contribution in [3.63, 3.8) is 0 Å². The molecule has 5 nitrogen and oxygen atoms in total. The van der Waals surface area contributed by atoms with Crippen LogP contribution in [0, 0.1) is 13.0 Å². The van der Waals surface area contributed by atoms with Gasteiger partial charge in [0, 0.05) is 48.8 Å². The fraction of sp³-hybridized carbons (Fsp3) is 0.170. The van der Waals surface area contributed by atoms with E-state index in [-0.39, 0.29) is 37.6 Å². The Kier molecular flexibility index (Phi) is 10.3. The zero-order valence-electron chi connectivity index (χ0n) is 34.4. The summed E-state index contributed by atoms with van der Waals surface area (Å²) < 4.78 is 8.39. The molecule has 0 amide bonds. The largest absolute Gasteiger partial charge is 0.507 e. The Bertz CT molecular complexity index is 2980. The maximum atomic E-state index is 12.3. The first-order valence-electron chi connectivity index (χ1n) is 19.9. The molecule has 0 fully saturated rings. The number of phenols is 1. The molecule has 6 aromatic carbocycles. The number of aromatic nitrogens is 3. The average Bonchev–Trinajstić information content (AvgIpc) is 3.77. The van der Waals surface area contributed by atoms with E-state index in [1.807, 2.05) is 37.4 Å². The monoisotopic (exact) mass is 951 g/mol. The molecule has 0 spiro atoms. The Morgan fingerprint density at radius 3 is 2.00 bits per heavy atom. The molecule has 296 valence electrons. The number of furan rings is 1. The van der Waals surface area contributed by atoms with Crippen molar-refractivity contribution in [1.29, 1.82) is 0 Å². The fourth-order valence-electron chi connectivity index (χ4n) is 8.09. The van der Waals surface area contributed by atoms with Gasteiger partial charge in [-0.15, -0.1) is 29.8 Å². The molecule has 0 aliphatic rings. The van der Waals surface area contributed by atoms with E-state index in [9.17, 15) is 5.11 Å². The minimum Gasteiger partial charge on any atom is -0.507 e.